The van der Waals surface area contributed by atoms with Gasteiger partial charge in [0.2, 0.25) is 16.0 Å². The van der Waals surface area contributed by atoms with E-state index < -0.39 is 10.0 Å². The molecule has 1 fully saturated rings. The second kappa shape index (κ2) is 8.25. The Balaban J connectivity index is 1.63. The minimum absolute atomic E-state index is 0.213. The fourth-order valence-corrected chi connectivity index (χ4v) is 5.24. The van der Waals surface area contributed by atoms with Crippen LogP contribution in [0.4, 0.5) is 5.95 Å². The lowest BCUT2D eigenvalue weighted by atomic mass is 10.1. The Morgan fingerprint density at radius 3 is 2.76 bits per heavy atom. The number of aryl methyl sites for hydroxylation is 1. The maximum absolute atomic E-state index is 13.4. The first kappa shape index (κ1) is 20.1. The maximum Gasteiger partial charge on any atom is 0.247 e. The van der Waals surface area contributed by atoms with E-state index in [0.717, 1.165) is 29.9 Å². The van der Waals surface area contributed by atoms with Gasteiger partial charge in [0, 0.05) is 25.8 Å². The number of hydrogen-bond donors (Lipinski definition) is 0. The fraction of sp³-hybridized carbons (Fsp3) is 0.500. The zero-order chi connectivity index (χ0) is 20.4. The molecule has 4 rings (SSSR count). The Bertz CT molecular complexity index is 990. The van der Waals surface area contributed by atoms with Gasteiger partial charge in [-0.15, -0.1) is 0 Å². The Hall–Kier alpha value is -2.23. The monoisotopic (exact) mass is 418 g/mol. The predicted octanol–water partition coefficient (Wildman–Crippen LogP) is 1.77. The molecule has 1 aromatic carbocycles. The molecule has 0 aliphatic carbocycles. The van der Waals surface area contributed by atoms with Crippen LogP contribution in [0.25, 0.3) is 0 Å². The molecule has 1 aromatic heterocycles. The number of nitrogens with zero attached hydrogens (tertiary/aromatic N) is 4. The van der Waals surface area contributed by atoms with Crippen LogP contribution in [0.3, 0.4) is 0 Å². The minimum atomic E-state index is -3.70. The molecule has 2 aliphatic rings. The van der Waals surface area contributed by atoms with E-state index in [9.17, 15) is 8.42 Å². The molecule has 0 radical (unpaired) electrons. The number of hydrogen-bond acceptors (Lipinski definition) is 7. The molecule has 0 unspecified atom stereocenters. The summed E-state index contributed by atoms with van der Waals surface area (Å²) in [5.74, 6) is 1.03. The largest absolute Gasteiger partial charge is 0.492 e. The lowest BCUT2D eigenvalue weighted by molar-refractivity contribution is 0.122. The first-order valence-electron chi connectivity index (χ1n) is 9.90. The number of morpholine rings is 1. The Kier molecular flexibility index (Phi) is 5.71. The third-order valence-electron chi connectivity index (χ3n) is 5.21. The summed E-state index contributed by atoms with van der Waals surface area (Å²) in [6, 6.07) is 5.26. The second-order valence-corrected chi connectivity index (χ2v) is 9.12. The van der Waals surface area contributed by atoms with Crippen LogP contribution in [0.1, 0.15) is 23.7 Å². The number of aromatic nitrogens is 2. The van der Waals surface area contributed by atoms with Crippen LogP contribution >= 0.6 is 0 Å². The normalized spacial score (nSPS) is 17.8. The average molecular weight is 419 g/mol. The van der Waals surface area contributed by atoms with Crippen molar-refractivity contribution in [2.24, 2.45) is 0 Å². The highest BCUT2D eigenvalue weighted by Gasteiger charge is 2.32. The number of benzene rings is 1. The zero-order valence-electron chi connectivity index (χ0n) is 16.8. The van der Waals surface area contributed by atoms with Crippen molar-refractivity contribution in [1.82, 2.24) is 14.3 Å². The molecular weight excluding hydrogens is 392 g/mol. The van der Waals surface area contributed by atoms with Crippen molar-refractivity contribution in [3.8, 4) is 5.75 Å². The summed E-state index contributed by atoms with van der Waals surface area (Å²) in [5, 5.41) is 0. The van der Waals surface area contributed by atoms with Gasteiger partial charge in [-0.3, -0.25) is 0 Å². The van der Waals surface area contributed by atoms with Crippen LogP contribution in [0, 0.1) is 6.92 Å². The van der Waals surface area contributed by atoms with Crippen LogP contribution in [0.2, 0.25) is 0 Å². The van der Waals surface area contributed by atoms with E-state index in [1.165, 1.54) is 4.31 Å². The van der Waals surface area contributed by atoms with Gasteiger partial charge in [-0.05, 0) is 43.5 Å². The zero-order valence-corrected chi connectivity index (χ0v) is 17.6. The van der Waals surface area contributed by atoms with Crippen molar-refractivity contribution in [2.45, 2.75) is 31.7 Å². The van der Waals surface area contributed by atoms with Gasteiger partial charge in [-0.1, -0.05) is 6.07 Å². The highest BCUT2D eigenvalue weighted by atomic mass is 32.2. The molecule has 29 heavy (non-hydrogen) atoms. The number of sulfonamides is 1. The molecule has 3 heterocycles. The van der Waals surface area contributed by atoms with Crippen molar-refractivity contribution in [3.05, 3.63) is 41.2 Å². The number of anilines is 1. The SMILES string of the molecule is CCOc1ccc(C)cc1S(=O)(=O)N1CCc2cnc(N3CCOCC3)nc2C1. The van der Waals surface area contributed by atoms with Gasteiger partial charge in [-0.2, -0.15) is 4.31 Å². The van der Waals surface area contributed by atoms with Crippen LogP contribution in [0.5, 0.6) is 5.75 Å². The summed E-state index contributed by atoms with van der Waals surface area (Å²) in [6.07, 6.45) is 2.42. The maximum atomic E-state index is 13.4. The molecule has 8 nitrogen and oxygen atoms in total. The summed E-state index contributed by atoms with van der Waals surface area (Å²) in [4.78, 5) is 11.5. The average Bonchev–Trinajstić information content (AvgIpc) is 2.75. The van der Waals surface area contributed by atoms with E-state index in [2.05, 4.69) is 9.88 Å². The third-order valence-corrected chi connectivity index (χ3v) is 7.08. The quantitative estimate of drug-likeness (QED) is 0.732. The molecular formula is C20H26N4O4S. The summed E-state index contributed by atoms with van der Waals surface area (Å²) < 4.78 is 39.3. The van der Waals surface area contributed by atoms with Gasteiger partial charge in [0.15, 0.2) is 0 Å². The van der Waals surface area contributed by atoms with E-state index in [-0.39, 0.29) is 11.4 Å². The standard InChI is InChI=1S/C20H26N4O4S/c1-3-28-18-5-4-15(2)12-19(18)29(25,26)24-7-6-16-13-21-20(22-17(16)14-24)23-8-10-27-11-9-23/h4-5,12-13H,3,6-11,14H2,1-2H3. The third kappa shape index (κ3) is 4.08. The number of rotatable bonds is 5. The van der Waals surface area contributed by atoms with Crippen LogP contribution in [-0.4, -0.2) is 62.1 Å². The van der Waals surface area contributed by atoms with Gasteiger partial charge in [0.05, 0.1) is 32.1 Å². The Morgan fingerprint density at radius 2 is 2.00 bits per heavy atom. The highest BCUT2D eigenvalue weighted by Crippen LogP contribution is 2.31. The van der Waals surface area contributed by atoms with Gasteiger partial charge in [-0.25, -0.2) is 18.4 Å². The predicted molar refractivity (Wildman–Crippen MR) is 109 cm³/mol. The summed E-state index contributed by atoms with van der Waals surface area (Å²) in [6.45, 7) is 7.53. The first-order valence-corrected chi connectivity index (χ1v) is 11.3. The van der Waals surface area contributed by atoms with Crippen LogP contribution < -0.4 is 9.64 Å². The molecule has 9 heteroatoms. The van der Waals surface area contributed by atoms with Crippen LogP contribution in [0.15, 0.2) is 29.3 Å². The van der Waals surface area contributed by atoms with E-state index in [0.29, 0.717) is 44.5 Å². The van der Waals surface area contributed by atoms with Gasteiger partial charge < -0.3 is 14.4 Å². The van der Waals surface area contributed by atoms with E-state index in [1.807, 2.05) is 26.1 Å². The van der Waals surface area contributed by atoms with Crippen LogP contribution in [-0.2, 0) is 27.7 Å². The molecule has 0 N–H and O–H groups in total. The van der Waals surface area contributed by atoms with Gasteiger partial charge in [0.25, 0.3) is 0 Å². The molecule has 0 saturated carbocycles. The van der Waals surface area contributed by atoms with E-state index in [1.54, 1.807) is 12.1 Å². The molecule has 0 amide bonds. The topological polar surface area (TPSA) is 84.9 Å². The summed E-state index contributed by atoms with van der Waals surface area (Å²) in [7, 11) is -3.70. The lowest BCUT2D eigenvalue weighted by Crippen LogP contribution is -2.39. The second-order valence-electron chi connectivity index (χ2n) is 7.21. The minimum Gasteiger partial charge on any atom is -0.492 e. The Labute approximate surface area is 171 Å². The first-order chi connectivity index (χ1) is 14.0. The Morgan fingerprint density at radius 1 is 1.21 bits per heavy atom. The van der Waals surface area contributed by atoms with Crippen molar-refractivity contribution in [2.75, 3.05) is 44.4 Å². The molecule has 2 aliphatic heterocycles. The number of ether oxygens (including phenoxy) is 2. The van der Waals surface area contributed by atoms with Crippen molar-refractivity contribution in [3.63, 3.8) is 0 Å². The van der Waals surface area contributed by atoms with E-state index >= 15 is 0 Å². The van der Waals surface area contributed by atoms with Crippen molar-refractivity contribution < 1.29 is 17.9 Å². The fourth-order valence-electron chi connectivity index (χ4n) is 3.62. The highest BCUT2D eigenvalue weighted by molar-refractivity contribution is 7.89. The van der Waals surface area contributed by atoms with Gasteiger partial charge >= 0.3 is 0 Å². The molecule has 2 aromatic rings. The molecule has 0 spiro atoms. The number of fused-ring (bicyclic) bond motifs is 1. The van der Waals surface area contributed by atoms with Crippen molar-refractivity contribution >= 4 is 16.0 Å². The summed E-state index contributed by atoms with van der Waals surface area (Å²) >= 11 is 0. The molecule has 0 atom stereocenters. The molecule has 1 saturated heterocycles. The summed E-state index contributed by atoms with van der Waals surface area (Å²) in [5.41, 5.74) is 2.64. The smallest absolute Gasteiger partial charge is 0.247 e. The molecule has 156 valence electrons. The lowest BCUT2D eigenvalue weighted by Gasteiger charge is -2.30. The van der Waals surface area contributed by atoms with E-state index in [4.69, 9.17) is 14.5 Å². The molecule has 0 bridgehead atoms. The van der Waals surface area contributed by atoms with Gasteiger partial charge in [0.1, 0.15) is 10.6 Å². The van der Waals surface area contributed by atoms with Crippen molar-refractivity contribution in [1.29, 1.82) is 0 Å².